The van der Waals surface area contributed by atoms with Crippen LogP contribution in [0.1, 0.15) is 126 Å². The number of piperidine rings is 1. The van der Waals surface area contributed by atoms with Crippen molar-refractivity contribution < 1.29 is 62.6 Å². The van der Waals surface area contributed by atoms with Crippen LogP contribution in [-0.4, -0.2) is 134 Å². The van der Waals surface area contributed by atoms with Gasteiger partial charge in [0.15, 0.2) is 5.78 Å². The monoisotopic (exact) mass is 928 g/mol. The average molecular weight is 928 g/mol. The van der Waals surface area contributed by atoms with Crippen molar-refractivity contribution in [3.05, 3.63) is 47.6 Å². The fourth-order valence-corrected chi connectivity index (χ4v) is 10.4. The van der Waals surface area contributed by atoms with E-state index < -0.39 is 77.8 Å². The number of aliphatic hydroxyl groups is 2. The van der Waals surface area contributed by atoms with Crippen molar-refractivity contribution >= 4 is 29.2 Å². The normalized spacial score (nSPS) is 38.7. The third-order valence-electron chi connectivity index (χ3n) is 14.8. The Morgan fingerprint density at radius 1 is 0.818 bits per heavy atom. The molecule has 3 fully saturated rings. The Kier molecular flexibility index (Phi) is 21.6. The van der Waals surface area contributed by atoms with Crippen molar-refractivity contribution in [1.82, 2.24) is 4.90 Å². The summed E-state index contributed by atoms with van der Waals surface area (Å²) in [5, 5.41) is 23.4. The number of ketones is 3. The molecule has 0 radical (unpaired) electrons. The van der Waals surface area contributed by atoms with Crippen LogP contribution in [0.5, 0.6) is 0 Å². The van der Waals surface area contributed by atoms with Gasteiger partial charge in [0.25, 0.3) is 11.7 Å². The Morgan fingerprint density at radius 3 is 2.20 bits per heavy atom. The molecule has 1 aliphatic carbocycles. The number of ether oxygens (including phenoxy) is 6. The van der Waals surface area contributed by atoms with Crippen molar-refractivity contribution in [3.8, 4) is 0 Å². The van der Waals surface area contributed by atoms with Crippen molar-refractivity contribution in [1.29, 1.82) is 0 Å². The van der Waals surface area contributed by atoms with Crippen LogP contribution in [-0.2, 0) is 52.4 Å². The number of nitrogens with zero attached hydrogens (tertiary/aromatic N) is 1. The number of carbonyl (C=O) groups is 5. The lowest BCUT2D eigenvalue weighted by Gasteiger charge is -2.42. The van der Waals surface area contributed by atoms with E-state index in [1.165, 1.54) is 12.0 Å². The first-order valence-corrected chi connectivity index (χ1v) is 24.3. The summed E-state index contributed by atoms with van der Waals surface area (Å²) in [5.74, 6) is -7.72. The third-order valence-corrected chi connectivity index (χ3v) is 14.8. The number of rotatable bonds is 7. The van der Waals surface area contributed by atoms with Crippen LogP contribution in [0, 0.1) is 35.5 Å². The van der Waals surface area contributed by atoms with Gasteiger partial charge >= 0.3 is 5.97 Å². The van der Waals surface area contributed by atoms with E-state index >= 15 is 0 Å². The molecule has 15 unspecified atom stereocenters. The number of esters is 1. The minimum absolute atomic E-state index is 0.0246. The molecule has 15 atom stereocenters. The van der Waals surface area contributed by atoms with Crippen molar-refractivity contribution in [2.24, 2.45) is 35.5 Å². The van der Waals surface area contributed by atoms with Gasteiger partial charge in [0.05, 0.1) is 24.4 Å². The second-order valence-corrected chi connectivity index (χ2v) is 19.8. The lowest BCUT2D eigenvalue weighted by Crippen LogP contribution is -2.61. The maximum absolute atomic E-state index is 14.4. The Hall–Kier alpha value is -3.37. The van der Waals surface area contributed by atoms with Crippen LogP contribution in [0.4, 0.5) is 0 Å². The summed E-state index contributed by atoms with van der Waals surface area (Å²) in [4.78, 5) is 72.0. The van der Waals surface area contributed by atoms with Crippen LogP contribution in [0.25, 0.3) is 0 Å². The Bertz CT molecular complexity index is 1770. The summed E-state index contributed by atoms with van der Waals surface area (Å²) in [6.07, 6.45) is 12.7. The highest BCUT2D eigenvalue weighted by atomic mass is 16.6. The molecule has 2 N–H and O–H groups in total. The second-order valence-electron chi connectivity index (χ2n) is 19.8. The van der Waals surface area contributed by atoms with Crippen LogP contribution in [0.15, 0.2) is 47.6 Å². The molecule has 14 nitrogen and oxygen atoms in total. The largest absolute Gasteiger partial charge is 0.460 e. The van der Waals surface area contributed by atoms with Crippen LogP contribution in [0.3, 0.4) is 0 Å². The molecular formula is C52H81NO13. The fraction of sp³-hybridized carbons (Fsp3) is 0.750. The van der Waals surface area contributed by atoms with Crippen LogP contribution >= 0.6 is 0 Å². The zero-order valence-corrected chi connectivity index (χ0v) is 41.6. The third kappa shape index (κ3) is 14.3. The number of hydrogen-bond acceptors (Lipinski definition) is 13. The molecule has 1 amide bonds. The molecule has 4 rings (SSSR count). The number of hydrogen-bond donors (Lipinski definition) is 2. The van der Waals surface area contributed by atoms with E-state index in [1.54, 1.807) is 48.2 Å². The molecule has 0 aromatic carbocycles. The minimum Gasteiger partial charge on any atom is -0.460 e. The van der Waals surface area contributed by atoms with Gasteiger partial charge in [-0.05, 0) is 107 Å². The van der Waals surface area contributed by atoms with Gasteiger partial charge in [-0.25, -0.2) is 4.79 Å². The summed E-state index contributed by atoms with van der Waals surface area (Å²) in [6.45, 7) is 12.8. The lowest BCUT2D eigenvalue weighted by molar-refractivity contribution is -0.265. The Morgan fingerprint density at radius 2 is 1.53 bits per heavy atom. The molecular weight excluding hydrogens is 847 g/mol. The van der Waals surface area contributed by atoms with E-state index in [-0.39, 0.29) is 60.9 Å². The van der Waals surface area contributed by atoms with E-state index in [0.717, 1.165) is 24.8 Å². The molecule has 3 heterocycles. The Balaban J connectivity index is 1.70. The van der Waals surface area contributed by atoms with Crippen LogP contribution < -0.4 is 0 Å². The summed E-state index contributed by atoms with van der Waals surface area (Å²) >= 11 is 0. The molecule has 1 saturated carbocycles. The molecule has 0 aromatic rings. The van der Waals surface area contributed by atoms with E-state index in [4.69, 9.17) is 28.4 Å². The van der Waals surface area contributed by atoms with Crippen molar-refractivity contribution in [2.75, 3.05) is 35.0 Å². The zero-order chi connectivity index (χ0) is 48.9. The van der Waals surface area contributed by atoms with E-state index in [9.17, 15) is 34.2 Å². The summed E-state index contributed by atoms with van der Waals surface area (Å²) in [5.41, 5.74) is 1.29. The molecule has 3 aliphatic heterocycles. The molecule has 372 valence electrons. The molecule has 66 heavy (non-hydrogen) atoms. The summed E-state index contributed by atoms with van der Waals surface area (Å²) in [6, 6.07) is -1.12. The van der Waals surface area contributed by atoms with Gasteiger partial charge < -0.3 is 43.5 Å². The molecule has 0 spiro atoms. The predicted molar refractivity (Wildman–Crippen MR) is 250 cm³/mol. The van der Waals surface area contributed by atoms with E-state index in [1.807, 2.05) is 58.1 Å². The van der Waals surface area contributed by atoms with Gasteiger partial charge in [0, 0.05) is 65.6 Å². The lowest BCUT2D eigenvalue weighted by atomic mass is 9.78. The summed E-state index contributed by atoms with van der Waals surface area (Å²) < 4.78 is 35.3. The molecule has 0 aromatic heterocycles. The first-order chi connectivity index (χ1) is 31.3. The van der Waals surface area contributed by atoms with Gasteiger partial charge in [0.2, 0.25) is 5.79 Å². The topological polar surface area (TPSA) is 184 Å². The number of fused-ring (bicyclic) bond motifs is 3. The highest BCUT2D eigenvalue weighted by Gasteiger charge is 2.53. The average Bonchev–Trinajstić information content (AvgIpc) is 3.30. The maximum atomic E-state index is 14.4. The van der Waals surface area contributed by atoms with Gasteiger partial charge in [-0.15, -0.1) is 0 Å². The number of cyclic esters (lactones) is 1. The maximum Gasteiger partial charge on any atom is 0.329 e. The SMILES string of the molecule is COC1CC2CCC(C)C(O)(O2)C(=O)C(=O)N2CCCCC2C(=O)OC(C(C)CC2CCC(OC)C(OC)C2)CC(=O)C(C)/C=C(\C)C(O)C(OC)C(=O)C(C)CC(C)/C=C\C=CC=C1C. The second kappa shape index (κ2) is 25.8. The van der Waals surface area contributed by atoms with Gasteiger partial charge in [-0.2, -0.15) is 0 Å². The minimum atomic E-state index is -2.42. The molecule has 2 saturated heterocycles. The van der Waals surface area contributed by atoms with Gasteiger partial charge in [-0.1, -0.05) is 71.1 Å². The number of carbonyl (C=O) groups excluding carboxylic acids is 5. The number of Topliss-reactive ketones (excluding diaryl/α,β-unsaturated/α-hetero) is 3. The van der Waals surface area contributed by atoms with E-state index in [0.29, 0.717) is 50.5 Å². The number of aliphatic hydroxyl groups excluding tert-OH is 1. The first-order valence-electron chi connectivity index (χ1n) is 24.3. The van der Waals surface area contributed by atoms with Crippen molar-refractivity contribution in [2.45, 2.75) is 180 Å². The van der Waals surface area contributed by atoms with Crippen molar-refractivity contribution in [3.63, 3.8) is 0 Å². The van der Waals surface area contributed by atoms with E-state index in [2.05, 4.69) is 0 Å². The predicted octanol–water partition coefficient (Wildman–Crippen LogP) is 6.83. The molecule has 2 bridgehead atoms. The van der Waals surface area contributed by atoms with Crippen LogP contribution in [0.2, 0.25) is 0 Å². The van der Waals surface area contributed by atoms with Gasteiger partial charge in [-0.3, -0.25) is 19.2 Å². The summed E-state index contributed by atoms with van der Waals surface area (Å²) in [7, 11) is 6.31. The zero-order valence-electron chi connectivity index (χ0n) is 41.6. The van der Waals surface area contributed by atoms with Gasteiger partial charge in [0.1, 0.15) is 30.1 Å². The highest BCUT2D eigenvalue weighted by molar-refractivity contribution is 6.39. The molecule has 14 heteroatoms. The Labute approximate surface area is 393 Å². The quantitative estimate of drug-likeness (QED) is 0.154. The number of methoxy groups -OCH3 is 4. The first kappa shape index (κ1) is 55.2. The molecule has 4 aliphatic rings. The fourth-order valence-electron chi connectivity index (χ4n) is 10.4. The number of amides is 1. The number of allylic oxidation sites excluding steroid dienone is 6. The highest BCUT2D eigenvalue weighted by Crippen LogP contribution is 2.38. The standard InChI is InChI=1S/C52H81NO13/c1-31-17-13-12-14-18-32(2)43(62-9)29-39-22-20-37(7)52(60,66-39)49(57)50(58)53-24-16-15-19-40(53)51(59)65-44(34(4)27-38-21-23-42(61-8)45(28-38)63-10)30-41(54)33(3)26-36(6)47(56)48(64-11)46(55)35(5)25-31/h12-14,17-18,26,31,33-35,37-40,42-45,47-48,56,60H,15-16,19-25,27-30H2,1-11H3/b14-12?,17-13-,32-18?,36-26+. The smallest absolute Gasteiger partial charge is 0.329 e.